The molecule has 1 N–H and O–H groups in total. The lowest BCUT2D eigenvalue weighted by atomic mass is 10.0. The van der Waals surface area contributed by atoms with Crippen molar-refractivity contribution < 1.29 is 9.90 Å². The summed E-state index contributed by atoms with van der Waals surface area (Å²) in [4.78, 5) is 13.2. The van der Waals surface area contributed by atoms with Crippen molar-refractivity contribution in [3.8, 4) is 0 Å². The molecule has 0 atom stereocenters. The summed E-state index contributed by atoms with van der Waals surface area (Å²) in [5.74, 6) is -0.799. The normalized spacial score (nSPS) is 11.2. The summed E-state index contributed by atoms with van der Waals surface area (Å²) in [6.07, 6.45) is 12.9. The zero-order chi connectivity index (χ0) is 17.4. The van der Waals surface area contributed by atoms with Crippen LogP contribution in [0.25, 0.3) is 10.8 Å². The van der Waals surface area contributed by atoms with Crippen LogP contribution in [0.15, 0.2) is 18.2 Å². The Morgan fingerprint density at radius 1 is 0.958 bits per heavy atom. The van der Waals surface area contributed by atoms with Gasteiger partial charge in [-0.05, 0) is 25.2 Å². The van der Waals surface area contributed by atoms with Gasteiger partial charge in [0.25, 0.3) is 0 Å². The fourth-order valence-corrected chi connectivity index (χ4v) is 4.41. The molecule has 1 heterocycles. The molecule has 0 fully saturated rings. The second-order valence-corrected chi connectivity index (χ2v) is 7.89. The van der Waals surface area contributed by atoms with Gasteiger partial charge < -0.3 is 5.11 Å². The second kappa shape index (κ2) is 9.83. The number of fused-ring (bicyclic) bond motifs is 1. The highest BCUT2D eigenvalue weighted by atomic mass is 32.1. The molecular formula is C21H30O2S. The SMILES string of the molecule is CCCCCCCCCCCc1sc(C(=O)O)c2ccc(C)cc12. The van der Waals surface area contributed by atoms with Gasteiger partial charge in [0.1, 0.15) is 4.88 Å². The van der Waals surface area contributed by atoms with Gasteiger partial charge in [0.2, 0.25) is 0 Å². The van der Waals surface area contributed by atoms with Crippen molar-refractivity contribution in [2.24, 2.45) is 0 Å². The number of aromatic carboxylic acids is 1. The number of benzene rings is 1. The Hall–Kier alpha value is -1.35. The summed E-state index contributed by atoms with van der Waals surface area (Å²) in [7, 11) is 0. The Bertz CT molecular complexity index is 657. The molecule has 2 nitrogen and oxygen atoms in total. The number of carboxylic acid groups (broad SMARTS) is 1. The number of thiophene rings is 1. The van der Waals surface area contributed by atoms with Crippen LogP contribution in [0, 0.1) is 6.92 Å². The number of hydrogen-bond acceptors (Lipinski definition) is 2. The molecule has 3 heteroatoms. The molecule has 132 valence electrons. The quantitative estimate of drug-likeness (QED) is 0.445. The molecule has 1 aromatic heterocycles. The average Bonchev–Trinajstić information content (AvgIpc) is 2.91. The Kier molecular flexibility index (Phi) is 7.77. The zero-order valence-electron chi connectivity index (χ0n) is 15.1. The average molecular weight is 347 g/mol. The minimum atomic E-state index is -0.799. The standard InChI is InChI=1S/C21H30O2S/c1-3-4-5-6-7-8-9-10-11-12-19-18-15-16(2)13-14-17(18)20(24-19)21(22)23/h13-15H,3-12H2,1-2H3,(H,22,23). The molecule has 0 saturated heterocycles. The first kappa shape index (κ1) is 19.0. The summed E-state index contributed by atoms with van der Waals surface area (Å²) in [5, 5.41) is 11.5. The Labute approximate surface area is 149 Å². The lowest BCUT2D eigenvalue weighted by molar-refractivity contribution is 0.0704. The molecule has 0 saturated carbocycles. The molecule has 0 bridgehead atoms. The van der Waals surface area contributed by atoms with Gasteiger partial charge in [-0.1, -0.05) is 82.1 Å². The smallest absolute Gasteiger partial charge is 0.346 e. The van der Waals surface area contributed by atoms with Crippen molar-refractivity contribution in [1.82, 2.24) is 0 Å². The molecule has 0 aliphatic heterocycles. The summed E-state index contributed by atoms with van der Waals surface area (Å²) < 4.78 is 0. The van der Waals surface area contributed by atoms with Gasteiger partial charge in [-0.3, -0.25) is 0 Å². The highest BCUT2D eigenvalue weighted by Gasteiger charge is 2.16. The molecule has 0 aliphatic carbocycles. The van der Waals surface area contributed by atoms with Crippen molar-refractivity contribution in [2.45, 2.75) is 78.1 Å². The second-order valence-electron chi connectivity index (χ2n) is 6.79. The number of aryl methyl sites for hydroxylation is 2. The topological polar surface area (TPSA) is 37.3 Å². The molecule has 24 heavy (non-hydrogen) atoms. The minimum Gasteiger partial charge on any atom is -0.477 e. The molecular weight excluding hydrogens is 316 g/mol. The van der Waals surface area contributed by atoms with E-state index >= 15 is 0 Å². The van der Waals surface area contributed by atoms with Gasteiger partial charge in [-0.25, -0.2) is 4.79 Å². The molecule has 0 aliphatic rings. The molecule has 2 rings (SSSR count). The van der Waals surface area contributed by atoms with E-state index in [4.69, 9.17) is 0 Å². The van der Waals surface area contributed by atoms with E-state index in [9.17, 15) is 9.90 Å². The number of carboxylic acids is 1. The lowest BCUT2D eigenvalue weighted by Gasteiger charge is -2.02. The van der Waals surface area contributed by atoms with Crippen LogP contribution in [-0.4, -0.2) is 11.1 Å². The molecule has 1 aromatic carbocycles. The first-order valence-corrected chi connectivity index (χ1v) is 10.2. The van der Waals surface area contributed by atoms with Crippen molar-refractivity contribution in [2.75, 3.05) is 0 Å². The van der Waals surface area contributed by atoms with Crippen molar-refractivity contribution in [3.05, 3.63) is 33.5 Å². The van der Waals surface area contributed by atoms with E-state index in [1.54, 1.807) is 0 Å². The third-order valence-electron chi connectivity index (χ3n) is 4.65. The van der Waals surface area contributed by atoms with Crippen molar-refractivity contribution in [1.29, 1.82) is 0 Å². The lowest BCUT2D eigenvalue weighted by Crippen LogP contribution is -1.91. The largest absolute Gasteiger partial charge is 0.477 e. The van der Waals surface area contributed by atoms with E-state index in [0.717, 1.165) is 23.6 Å². The first-order valence-electron chi connectivity index (χ1n) is 9.38. The maximum absolute atomic E-state index is 11.4. The monoisotopic (exact) mass is 346 g/mol. The summed E-state index contributed by atoms with van der Waals surface area (Å²) in [6.45, 7) is 4.32. The number of carbonyl (C=O) groups is 1. The predicted octanol–water partition coefficient (Wildman–Crippen LogP) is 6.98. The Balaban J connectivity index is 1.82. The van der Waals surface area contributed by atoms with Crippen molar-refractivity contribution >= 4 is 28.1 Å². The Morgan fingerprint density at radius 2 is 1.58 bits per heavy atom. The molecule has 2 aromatic rings. The minimum absolute atomic E-state index is 0.496. The molecule has 0 spiro atoms. The van der Waals surface area contributed by atoms with Gasteiger partial charge in [-0.15, -0.1) is 11.3 Å². The van der Waals surface area contributed by atoms with E-state index in [2.05, 4.69) is 19.9 Å². The van der Waals surface area contributed by atoms with Gasteiger partial charge in [0.15, 0.2) is 0 Å². The van der Waals surface area contributed by atoms with Crippen LogP contribution in [0.1, 0.15) is 84.8 Å². The fourth-order valence-electron chi connectivity index (χ4n) is 3.26. The predicted molar refractivity (Wildman–Crippen MR) is 104 cm³/mol. The van der Waals surface area contributed by atoms with Gasteiger partial charge >= 0.3 is 5.97 Å². The van der Waals surface area contributed by atoms with E-state index in [0.29, 0.717) is 4.88 Å². The van der Waals surface area contributed by atoms with Gasteiger partial charge in [-0.2, -0.15) is 0 Å². The summed E-state index contributed by atoms with van der Waals surface area (Å²) in [5.41, 5.74) is 1.20. The van der Waals surface area contributed by atoms with E-state index < -0.39 is 5.97 Å². The maximum Gasteiger partial charge on any atom is 0.346 e. The highest BCUT2D eigenvalue weighted by Crippen LogP contribution is 2.33. The Morgan fingerprint density at radius 3 is 2.21 bits per heavy atom. The summed E-state index contributed by atoms with van der Waals surface area (Å²) >= 11 is 1.47. The van der Waals surface area contributed by atoms with E-state index in [-0.39, 0.29) is 0 Å². The number of unbranched alkanes of at least 4 members (excludes halogenated alkanes) is 8. The highest BCUT2D eigenvalue weighted by molar-refractivity contribution is 7.15. The van der Waals surface area contributed by atoms with Crippen LogP contribution in [-0.2, 0) is 6.42 Å². The maximum atomic E-state index is 11.4. The van der Waals surface area contributed by atoms with Crippen LogP contribution in [0.4, 0.5) is 0 Å². The fraction of sp³-hybridized carbons (Fsp3) is 0.571. The zero-order valence-corrected chi connectivity index (χ0v) is 15.9. The number of hydrogen-bond donors (Lipinski definition) is 1. The van der Waals surface area contributed by atoms with Crippen LogP contribution >= 0.6 is 11.3 Å². The van der Waals surface area contributed by atoms with Crippen molar-refractivity contribution in [3.63, 3.8) is 0 Å². The van der Waals surface area contributed by atoms with Gasteiger partial charge in [0, 0.05) is 10.3 Å². The van der Waals surface area contributed by atoms with Crippen LogP contribution in [0.2, 0.25) is 0 Å². The van der Waals surface area contributed by atoms with Crippen LogP contribution in [0.3, 0.4) is 0 Å². The summed E-state index contributed by atoms with van der Waals surface area (Å²) in [6, 6.07) is 6.11. The molecule has 0 unspecified atom stereocenters. The third kappa shape index (κ3) is 5.34. The first-order chi connectivity index (χ1) is 11.6. The van der Waals surface area contributed by atoms with Crippen LogP contribution < -0.4 is 0 Å². The molecule has 0 radical (unpaired) electrons. The van der Waals surface area contributed by atoms with Gasteiger partial charge in [0.05, 0.1) is 0 Å². The number of rotatable bonds is 11. The third-order valence-corrected chi connectivity index (χ3v) is 5.92. The van der Waals surface area contributed by atoms with E-state index in [1.807, 2.05) is 12.1 Å². The molecule has 0 amide bonds. The van der Waals surface area contributed by atoms with Crippen LogP contribution in [0.5, 0.6) is 0 Å². The van der Waals surface area contributed by atoms with E-state index in [1.165, 1.54) is 73.1 Å².